The third-order valence-corrected chi connectivity index (χ3v) is 2.87. The Morgan fingerprint density at radius 3 is 2.18 bits per heavy atom. The molecule has 2 N–H and O–H groups in total. The first-order valence-corrected chi connectivity index (χ1v) is 5.77. The van der Waals surface area contributed by atoms with Crippen molar-refractivity contribution in [2.24, 2.45) is 5.92 Å². The molecule has 0 aliphatic rings. The molecule has 0 fully saturated rings. The minimum atomic E-state index is -4.36. The van der Waals surface area contributed by atoms with Crippen molar-refractivity contribution in [2.75, 3.05) is 6.54 Å². The predicted octanol–water partition coefficient (Wildman–Crippen LogP) is 2.08. The zero-order chi connectivity index (χ0) is 13.6. The molecule has 0 radical (unpaired) electrons. The van der Waals surface area contributed by atoms with E-state index < -0.39 is 24.7 Å². The highest BCUT2D eigenvalue weighted by Crippen LogP contribution is 2.12. The average Bonchev–Trinajstić information content (AvgIpc) is 2.23. The van der Waals surface area contributed by atoms with Crippen LogP contribution in [0.15, 0.2) is 0 Å². The molecule has 0 saturated heterocycles. The molecule has 3 atom stereocenters. The Morgan fingerprint density at radius 1 is 1.24 bits per heavy atom. The number of hydrogen-bond donors (Lipinski definition) is 2. The Kier molecular flexibility index (Phi) is 6.52. The predicted molar refractivity (Wildman–Crippen MR) is 60.6 cm³/mol. The zero-order valence-electron chi connectivity index (χ0n) is 10.7. The summed E-state index contributed by atoms with van der Waals surface area (Å²) in [7, 11) is 0. The van der Waals surface area contributed by atoms with Gasteiger partial charge in [0.1, 0.15) is 6.54 Å². The van der Waals surface area contributed by atoms with Gasteiger partial charge in [-0.1, -0.05) is 20.3 Å². The van der Waals surface area contributed by atoms with Crippen LogP contribution in [0, 0.1) is 5.92 Å². The molecule has 0 aliphatic heterocycles. The SMILES string of the molecule is CCC(C)C(C)NC(C)C(=O)NCC(F)(F)F. The highest BCUT2D eigenvalue weighted by molar-refractivity contribution is 5.81. The lowest BCUT2D eigenvalue weighted by atomic mass is 10.0. The Labute approximate surface area is 100 Å². The van der Waals surface area contributed by atoms with Crippen LogP contribution >= 0.6 is 0 Å². The summed E-state index contributed by atoms with van der Waals surface area (Å²) in [4.78, 5) is 11.4. The second kappa shape index (κ2) is 6.83. The van der Waals surface area contributed by atoms with Gasteiger partial charge in [-0.2, -0.15) is 13.2 Å². The van der Waals surface area contributed by atoms with E-state index in [2.05, 4.69) is 5.32 Å². The van der Waals surface area contributed by atoms with Crippen LogP contribution in [0.4, 0.5) is 13.2 Å². The Morgan fingerprint density at radius 2 is 1.76 bits per heavy atom. The first-order valence-electron chi connectivity index (χ1n) is 5.77. The van der Waals surface area contributed by atoms with E-state index in [1.54, 1.807) is 6.92 Å². The highest BCUT2D eigenvalue weighted by Gasteiger charge is 2.29. The minimum absolute atomic E-state index is 0.0895. The zero-order valence-corrected chi connectivity index (χ0v) is 10.7. The normalized spacial score (nSPS) is 17.4. The monoisotopic (exact) mass is 254 g/mol. The number of carbonyl (C=O) groups excluding carboxylic acids is 1. The van der Waals surface area contributed by atoms with Gasteiger partial charge in [0.15, 0.2) is 0 Å². The molecule has 0 aromatic rings. The van der Waals surface area contributed by atoms with Crippen LogP contribution in [0.1, 0.15) is 34.1 Å². The minimum Gasteiger partial charge on any atom is -0.346 e. The lowest BCUT2D eigenvalue weighted by molar-refractivity contribution is -0.139. The fourth-order valence-corrected chi connectivity index (χ4v) is 1.33. The summed E-state index contributed by atoms with van der Waals surface area (Å²) in [5.74, 6) is -0.259. The lowest BCUT2D eigenvalue weighted by Gasteiger charge is -2.24. The first-order chi connectivity index (χ1) is 7.67. The van der Waals surface area contributed by atoms with E-state index in [1.807, 2.05) is 26.1 Å². The van der Waals surface area contributed by atoms with Crippen molar-refractivity contribution in [1.82, 2.24) is 10.6 Å². The molecule has 0 bridgehead atoms. The van der Waals surface area contributed by atoms with Crippen molar-refractivity contribution in [2.45, 2.75) is 52.4 Å². The summed E-state index contributed by atoms with van der Waals surface area (Å²) >= 11 is 0. The van der Waals surface area contributed by atoms with Gasteiger partial charge >= 0.3 is 6.18 Å². The second-order valence-corrected chi connectivity index (χ2v) is 4.40. The standard InChI is InChI=1S/C11H21F3N2O/c1-5-7(2)8(3)16-9(4)10(17)15-6-11(12,13)14/h7-9,16H,5-6H2,1-4H3,(H,15,17). The van der Waals surface area contributed by atoms with Crippen LogP contribution in [-0.2, 0) is 4.79 Å². The molecule has 0 aromatic carbocycles. The van der Waals surface area contributed by atoms with Crippen molar-refractivity contribution in [3.8, 4) is 0 Å². The van der Waals surface area contributed by atoms with Gasteiger partial charge in [-0.15, -0.1) is 0 Å². The van der Waals surface area contributed by atoms with Crippen molar-refractivity contribution in [3.63, 3.8) is 0 Å². The maximum absolute atomic E-state index is 11.9. The van der Waals surface area contributed by atoms with Crippen LogP contribution in [0.2, 0.25) is 0 Å². The fourth-order valence-electron chi connectivity index (χ4n) is 1.33. The van der Waals surface area contributed by atoms with Gasteiger partial charge in [-0.3, -0.25) is 4.79 Å². The molecule has 3 nitrogen and oxygen atoms in total. The van der Waals surface area contributed by atoms with Crippen molar-refractivity contribution >= 4 is 5.91 Å². The van der Waals surface area contributed by atoms with Crippen LogP contribution in [0.25, 0.3) is 0 Å². The number of amides is 1. The van der Waals surface area contributed by atoms with E-state index in [4.69, 9.17) is 0 Å². The van der Waals surface area contributed by atoms with E-state index in [0.717, 1.165) is 6.42 Å². The van der Waals surface area contributed by atoms with Crippen LogP contribution in [0.3, 0.4) is 0 Å². The molecular weight excluding hydrogens is 233 g/mol. The maximum Gasteiger partial charge on any atom is 0.405 e. The number of carbonyl (C=O) groups is 1. The van der Waals surface area contributed by atoms with Gasteiger partial charge in [0.05, 0.1) is 6.04 Å². The maximum atomic E-state index is 11.9. The molecule has 0 saturated carbocycles. The number of nitrogens with one attached hydrogen (secondary N) is 2. The molecule has 0 heterocycles. The summed E-state index contributed by atoms with van der Waals surface area (Å²) in [6.07, 6.45) is -3.41. The number of hydrogen-bond acceptors (Lipinski definition) is 2. The van der Waals surface area contributed by atoms with Crippen LogP contribution < -0.4 is 10.6 Å². The smallest absolute Gasteiger partial charge is 0.346 e. The second-order valence-electron chi connectivity index (χ2n) is 4.40. The molecule has 0 spiro atoms. The summed E-state index contributed by atoms with van der Waals surface area (Å²) in [6, 6.07) is -0.534. The largest absolute Gasteiger partial charge is 0.405 e. The van der Waals surface area contributed by atoms with Gasteiger partial charge in [-0.25, -0.2) is 0 Å². The van der Waals surface area contributed by atoms with Gasteiger partial charge in [0, 0.05) is 6.04 Å². The van der Waals surface area contributed by atoms with Crippen molar-refractivity contribution < 1.29 is 18.0 Å². The molecule has 0 rings (SSSR count). The van der Waals surface area contributed by atoms with E-state index in [-0.39, 0.29) is 6.04 Å². The van der Waals surface area contributed by atoms with Gasteiger partial charge < -0.3 is 10.6 Å². The number of rotatable bonds is 6. The summed E-state index contributed by atoms with van der Waals surface area (Å²) in [5.41, 5.74) is 0. The van der Waals surface area contributed by atoms with Gasteiger partial charge in [0.2, 0.25) is 5.91 Å². The first kappa shape index (κ1) is 16.2. The quantitative estimate of drug-likeness (QED) is 0.762. The topological polar surface area (TPSA) is 41.1 Å². The van der Waals surface area contributed by atoms with Gasteiger partial charge in [0.25, 0.3) is 0 Å². The Balaban J connectivity index is 4.06. The summed E-state index contributed by atoms with van der Waals surface area (Å²) in [5, 5.41) is 4.85. The molecule has 17 heavy (non-hydrogen) atoms. The molecule has 3 unspecified atom stereocenters. The third-order valence-electron chi connectivity index (χ3n) is 2.87. The van der Waals surface area contributed by atoms with E-state index in [9.17, 15) is 18.0 Å². The number of halogens is 3. The molecular formula is C11H21F3N2O. The van der Waals surface area contributed by atoms with Crippen LogP contribution in [0.5, 0.6) is 0 Å². The van der Waals surface area contributed by atoms with Crippen molar-refractivity contribution in [3.05, 3.63) is 0 Å². The molecule has 6 heteroatoms. The van der Waals surface area contributed by atoms with E-state index in [0.29, 0.717) is 5.92 Å². The number of alkyl halides is 3. The fraction of sp³-hybridized carbons (Fsp3) is 0.909. The van der Waals surface area contributed by atoms with Crippen molar-refractivity contribution in [1.29, 1.82) is 0 Å². The van der Waals surface area contributed by atoms with E-state index >= 15 is 0 Å². The highest BCUT2D eigenvalue weighted by atomic mass is 19.4. The lowest BCUT2D eigenvalue weighted by Crippen LogP contribution is -2.49. The molecule has 0 aliphatic carbocycles. The van der Waals surface area contributed by atoms with Gasteiger partial charge in [-0.05, 0) is 19.8 Å². The average molecular weight is 254 g/mol. The molecule has 0 aromatic heterocycles. The third kappa shape index (κ3) is 7.20. The summed E-state index contributed by atoms with van der Waals surface area (Å²) in [6.45, 7) is 6.25. The molecule has 1 amide bonds. The Hall–Kier alpha value is -0.780. The Bertz CT molecular complexity index is 243. The summed E-state index contributed by atoms with van der Waals surface area (Å²) < 4.78 is 35.7. The molecule has 102 valence electrons. The van der Waals surface area contributed by atoms with Crippen LogP contribution in [-0.4, -0.2) is 30.7 Å². The van der Waals surface area contributed by atoms with E-state index in [1.165, 1.54) is 0 Å².